The van der Waals surface area contributed by atoms with Gasteiger partial charge in [0.05, 0.1) is 25.0 Å². The average Bonchev–Trinajstić information content (AvgIpc) is 2.99. The van der Waals surface area contributed by atoms with Gasteiger partial charge in [0.25, 0.3) is 0 Å². The van der Waals surface area contributed by atoms with Crippen LogP contribution in [0.5, 0.6) is 0 Å². The maximum absolute atomic E-state index is 12.3. The Kier molecular flexibility index (Phi) is 4.65. The van der Waals surface area contributed by atoms with Crippen LogP contribution < -0.4 is 0 Å². The molecule has 2 aromatic heterocycles. The fourth-order valence-electron chi connectivity index (χ4n) is 2.33. The normalized spacial score (nSPS) is 18.4. The fourth-order valence-corrected chi connectivity index (χ4v) is 2.48. The molecule has 1 amide bonds. The fraction of sp³-hybridized carbons (Fsp3) is 0.429. The predicted molar refractivity (Wildman–Crippen MR) is 77.1 cm³/mol. The van der Waals surface area contributed by atoms with E-state index in [1.165, 1.54) is 0 Å². The minimum absolute atomic E-state index is 0.0460. The van der Waals surface area contributed by atoms with Crippen molar-refractivity contribution in [3.63, 3.8) is 0 Å². The molecule has 0 N–H and O–H groups in total. The van der Waals surface area contributed by atoms with E-state index in [1.54, 1.807) is 29.6 Å². The zero-order valence-corrected chi connectivity index (χ0v) is 12.6. The number of hydrogen-bond acceptors (Lipinski definition) is 6. The number of morpholine rings is 1. The van der Waals surface area contributed by atoms with Crippen LogP contribution in [0.15, 0.2) is 29.2 Å². The number of carbonyl (C=O) groups excluding carboxylic acids is 1. The summed E-state index contributed by atoms with van der Waals surface area (Å²) in [6, 6.07) is 1.62. The maximum atomic E-state index is 12.3. The zero-order valence-electron chi connectivity index (χ0n) is 11.8. The van der Waals surface area contributed by atoms with Gasteiger partial charge in [-0.3, -0.25) is 14.8 Å². The second kappa shape index (κ2) is 6.85. The lowest BCUT2D eigenvalue weighted by Gasteiger charge is -2.32. The van der Waals surface area contributed by atoms with Gasteiger partial charge in [-0.2, -0.15) is 0 Å². The quantitative estimate of drug-likeness (QED) is 0.851. The molecular weight excluding hydrogens is 308 g/mol. The van der Waals surface area contributed by atoms with Gasteiger partial charge < -0.3 is 14.2 Å². The summed E-state index contributed by atoms with van der Waals surface area (Å²) in [6.45, 7) is 1.54. The molecule has 0 bridgehead atoms. The van der Waals surface area contributed by atoms with E-state index in [9.17, 15) is 4.79 Å². The number of carbonyl (C=O) groups is 1. The summed E-state index contributed by atoms with van der Waals surface area (Å²) in [5.41, 5.74) is 0.738. The van der Waals surface area contributed by atoms with Crippen LogP contribution in [0.2, 0.25) is 5.15 Å². The molecule has 0 unspecified atom stereocenters. The highest BCUT2D eigenvalue weighted by molar-refractivity contribution is 6.29. The van der Waals surface area contributed by atoms with Crippen LogP contribution in [0.4, 0.5) is 0 Å². The van der Waals surface area contributed by atoms with Crippen molar-refractivity contribution in [3.05, 3.63) is 41.3 Å². The molecule has 116 valence electrons. The first-order chi connectivity index (χ1) is 10.7. The molecule has 0 saturated carbocycles. The molecule has 8 heteroatoms. The van der Waals surface area contributed by atoms with Gasteiger partial charge in [0.2, 0.25) is 5.91 Å². The van der Waals surface area contributed by atoms with Gasteiger partial charge in [0.1, 0.15) is 11.9 Å². The molecule has 7 nitrogen and oxygen atoms in total. The first-order valence-electron chi connectivity index (χ1n) is 6.99. The first kappa shape index (κ1) is 14.9. The van der Waals surface area contributed by atoms with Gasteiger partial charge in [0, 0.05) is 37.8 Å². The van der Waals surface area contributed by atoms with Crippen LogP contribution in [-0.2, 0) is 16.0 Å². The standard InChI is InChI=1S/C14H15ClN4O3/c15-13-7-10(22-18-13)1-2-14(20)19-5-6-21-12(9-19)11-8-16-3-4-17-11/h3-4,7-8,12H,1-2,5-6,9H2/t12-/m1/s1. The molecular formula is C14H15ClN4O3. The summed E-state index contributed by atoms with van der Waals surface area (Å²) in [4.78, 5) is 22.3. The summed E-state index contributed by atoms with van der Waals surface area (Å²) in [5, 5.41) is 3.89. The van der Waals surface area contributed by atoms with Gasteiger partial charge in [-0.25, -0.2) is 0 Å². The zero-order chi connectivity index (χ0) is 15.4. The average molecular weight is 323 g/mol. The van der Waals surface area contributed by atoms with Crippen LogP contribution in [0.1, 0.15) is 24.0 Å². The highest BCUT2D eigenvalue weighted by Gasteiger charge is 2.26. The minimum atomic E-state index is -0.230. The minimum Gasteiger partial charge on any atom is -0.368 e. The topological polar surface area (TPSA) is 81.4 Å². The number of rotatable bonds is 4. The van der Waals surface area contributed by atoms with Crippen LogP contribution in [0.3, 0.4) is 0 Å². The Morgan fingerprint density at radius 1 is 1.45 bits per heavy atom. The van der Waals surface area contributed by atoms with E-state index < -0.39 is 0 Å². The smallest absolute Gasteiger partial charge is 0.223 e. The second-order valence-corrected chi connectivity index (χ2v) is 5.33. The molecule has 1 fully saturated rings. The lowest BCUT2D eigenvalue weighted by Crippen LogP contribution is -2.42. The van der Waals surface area contributed by atoms with Crippen LogP contribution in [0.25, 0.3) is 0 Å². The predicted octanol–water partition coefficient (Wildman–Crippen LogP) is 1.65. The lowest BCUT2D eigenvalue weighted by molar-refractivity contribution is -0.139. The van der Waals surface area contributed by atoms with Gasteiger partial charge in [-0.15, -0.1) is 0 Å². The highest BCUT2D eigenvalue weighted by Crippen LogP contribution is 2.20. The molecule has 22 heavy (non-hydrogen) atoms. The molecule has 1 aliphatic heterocycles. The lowest BCUT2D eigenvalue weighted by atomic mass is 10.2. The van der Waals surface area contributed by atoms with Crippen molar-refractivity contribution in [3.8, 4) is 0 Å². The van der Waals surface area contributed by atoms with Crippen molar-refractivity contribution in [2.24, 2.45) is 0 Å². The van der Waals surface area contributed by atoms with Crippen LogP contribution >= 0.6 is 11.6 Å². The largest absolute Gasteiger partial charge is 0.368 e. The molecule has 1 atom stereocenters. The summed E-state index contributed by atoms with van der Waals surface area (Å²) in [5.74, 6) is 0.654. The molecule has 1 saturated heterocycles. The van der Waals surface area contributed by atoms with Crippen molar-refractivity contribution >= 4 is 17.5 Å². The van der Waals surface area contributed by atoms with E-state index in [1.807, 2.05) is 0 Å². The second-order valence-electron chi connectivity index (χ2n) is 4.95. The Morgan fingerprint density at radius 2 is 2.36 bits per heavy atom. The Hall–Kier alpha value is -1.99. The number of ether oxygens (including phenoxy) is 1. The van der Waals surface area contributed by atoms with E-state index in [0.29, 0.717) is 43.5 Å². The van der Waals surface area contributed by atoms with Gasteiger partial charge in [-0.1, -0.05) is 16.8 Å². The summed E-state index contributed by atoms with van der Waals surface area (Å²) in [6.07, 6.45) is 5.48. The van der Waals surface area contributed by atoms with E-state index in [4.69, 9.17) is 20.9 Å². The maximum Gasteiger partial charge on any atom is 0.223 e. The van der Waals surface area contributed by atoms with Gasteiger partial charge in [-0.05, 0) is 0 Å². The molecule has 0 aliphatic carbocycles. The van der Waals surface area contributed by atoms with Crippen molar-refractivity contribution < 1.29 is 14.1 Å². The molecule has 3 heterocycles. The Labute approximate surface area is 132 Å². The Morgan fingerprint density at radius 3 is 3.09 bits per heavy atom. The molecule has 0 spiro atoms. The van der Waals surface area contributed by atoms with Crippen molar-refractivity contribution in [2.45, 2.75) is 18.9 Å². The number of hydrogen-bond donors (Lipinski definition) is 0. The molecule has 0 aromatic carbocycles. The molecule has 3 rings (SSSR count). The van der Waals surface area contributed by atoms with Crippen LogP contribution in [0, 0.1) is 0 Å². The monoisotopic (exact) mass is 322 g/mol. The number of halogens is 1. The van der Waals surface area contributed by atoms with Gasteiger partial charge in [0.15, 0.2) is 5.15 Å². The number of nitrogens with zero attached hydrogens (tertiary/aromatic N) is 4. The number of aromatic nitrogens is 3. The first-order valence-corrected chi connectivity index (χ1v) is 7.36. The molecule has 0 radical (unpaired) electrons. The van der Waals surface area contributed by atoms with Gasteiger partial charge >= 0.3 is 0 Å². The summed E-state index contributed by atoms with van der Waals surface area (Å²) >= 11 is 5.68. The SMILES string of the molecule is O=C(CCc1cc(Cl)no1)N1CCO[C@@H](c2cnccn2)C1. The van der Waals surface area contributed by atoms with E-state index in [-0.39, 0.29) is 12.0 Å². The van der Waals surface area contributed by atoms with E-state index in [0.717, 1.165) is 5.69 Å². The van der Waals surface area contributed by atoms with E-state index >= 15 is 0 Å². The molecule has 2 aromatic rings. The highest BCUT2D eigenvalue weighted by atomic mass is 35.5. The third kappa shape index (κ3) is 3.61. The van der Waals surface area contributed by atoms with Crippen LogP contribution in [-0.4, -0.2) is 45.6 Å². The Bertz CT molecular complexity index is 634. The van der Waals surface area contributed by atoms with Crippen molar-refractivity contribution in [2.75, 3.05) is 19.7 Å². The molecule has 1 aliphatic rings. The van der Waals surface area contributed by atoms with Crippen molar-refractivity contribution in [1.29, 1.82) is 0 Å². The third-order valence-corrected chi connectivity index (χ3v) is 3.63. The third-order valence-electron chi connectivity index (χ3n) is 3.45. The summed E-state index contributed by atoms with van der Waals surface area (Å²) < 4.78 is 10.7. The Balaban J connectivity index is 1.56. The number of amides is 1. The van der Waals surface area contributed by atoms with Crippen molar-refractivity contribution in [1.82, 2.24) is 20.0 Å². The summed E-state index contributed by atoms with van der Waals surface area (Å²) in [7, 11) is 0. The van der Waals surface area contributed by atoms with E-state index in [2.05, 4.69) is 15.1 Å². The number of aryl methyl sites for hydroxylation is 1.